The van der Waals surface area contributed by atoms with Crippen LogP contribution >= 0.6 is 12.6 Å². The molecule has 1 unspecified atom stereocenters. The van der Waals surface area contributed by atoms with Gasteiger partial charge in [-0.3, -0.25) is 4.79 Å². The Labute approximate surface area is 96.8 Å². The van der Waals surface area contributed by atoms with Crippen molar-refractivity contribution in [3.63, 3.8) is 0 Å². The van der Waals surface area contributed by atoms with Gasteiger partial charge in [-0.15, -0.1) is 0 Å². The summed E-state index contributed by atoms with van der Waals surface area (Å²) in [6.45, 7) is 0.876. The quantitative estimate of drug-likeness (QED) is 0.694. The Kier molecular flexibility index (Phi) is 3.57. The van der Waals surface area contributed by atoms with Gasteiger partial charge in [-0.05, 0) is 24.5 Å². The second-order valence-corrected chi connectivity index (χ2v) is 5.18. The molecule has 0 aromatic carbocycles. The highest BCUT2D eigenvalue weighted by atomic mass is 32.1. The Balaban J connectivity index is 2.00. The third-order valence-electron chi connectivity index (χ3n) is 3.68. The van der Waals surface area contributed by atoms with E-state index in [0.717, 1.165) is 25.1 Å². The first-order valence-electron chi connectivity index (χ1n) is 5.88. The second-order valence-electron chi connectivity index (χ2n) is 4.81. The number of hydrogen-bond donors (Lipinski definition) is 2. The number of hydrogen-bond acceptors (Lipinski definition) is 3. The summed E-state index contributed by atoms with van der Waals surface area (Å²) in [5.41, 5.74) is 6.09. The number of carbonyl (C=O) groups excluding carboxylic acids is 1. The lowest BCUT2D eigenvalue weighted by molar-refractivity contribution is -0.130. The third kappa shape index (κ3) is 2.31. The molecule has 0 bridgehead atoms. The molecule has 2 fully saturated rings. The van der Waals surface area contributed by atoms with Crippen LogP contribution < -0.4 is 5.73 Å². The Morgan fingerprint density at radius 2 is 2.13 bits per heavy atom. The van der Waals surface area contributed by atoms with Crippen molar-refractivity contribution in [3.8, 4) is 0 Å². The van der Waals surface area contributed by atoms with Crippen LogP contribution in [0.15, 0.2) is 0 Å². The first kappa shape index (κ1) is 11.3. The second kappa shape index (κ2) is 4.74. The molecule has 2 rings (SSSR count). The first-order valence-corrected chi connectivity index (χ1v) is 6.51. The predicted molar refractivity (Wildman–Crippen MR) is 63.9 cm³/mol. The molecule has 2 N–H and O–H groups in total. The van der Waals surface area contributed by atoms with Gasteiger partial charge < -0.3 is 10.6 Å². The van der Waals surface area contributed by atoms with E-state index in [1.807, 2.05) is 4.90 Å². The molecule has 3 atom stereocenters. The zero-order chi connectivity index (χ0) is 10.8. The molecule has 1 amide bonds. The van der Waals surface area contributed by atoms with Crippen LogP contribution in [0, 0.1) is 5.92 Å². The van der Waals surface area contributed by atoms with E-state index in [1.165, 1.54) is 12.8 Å². The summed E-state index contributed by atoms with van der Waals surface area (Å²) in [4.78, 5) is 13.8. The SMILES string of the molecule is N[C@@H]1CCCC[C@@H]1N1CC(CS)CC1=O. The van der Waals surface area contributed by atoms with E-state index in [2.05, 4.69) is 12.6 Å². The minimum absolute atomic E-state index is 0.196. The molecule has 0 aromatic rings. The van der Waals surface area contributed by atoms with Gasteiger partial charge in [-0.1, -0.05) is 12.8 Å². The van der Waals surface area contributed by atoms with Crippen molar-refractivity contribution in [2.45, 2.75) is 44.2 Å². The molecule has 1 saturated carbocycles. The Hall–Kier alpha value is -0.220. The predicted octanol–water partition coefficient (Wildman–Crippen LogP) is 1.03. The molecular weight excluding hydrogens is 208 g/mol. The van der Waals surface area contributed by atoms with E-state index < -0.39 is 0 Å². The van der Waals surface area contributed by atoms with E-state index in [0.29, 0.717) is 18.4 Å². The number of nitrogens with two attached hydrogens (primary N) is 1. The summed E-state index contributed by atoms with van der Waals surface area (Å²) in [6, 6.07) is 0.498. The lowest BCUT2D eigenvalue weighted by Gasteiger charge is -2.36. The van der Waals surface area contributed by atoms with Crippen LogP contribution in [0.3, 0.4) is 0 Å². The van der Waals surface area contributed by atoms with E-state index in [1.54, 1.807) is 0 Å². The highest BCUT2D eigenvalue weighted by Crippen LogP contribution is 2.28. The zero-order valence-electron chi connectivity index (χ0n) is 9.06. The molecular formula is C11H20N2OS. The van der Waals surface area contributed by atoms with Crippen LogP contribution in [0.25, 0.3) is 0 Å². The highest BCUT2D eigenvalue weighted by Gasteiger charge is 2.36. The average molecular weight is 228 g/mol. The van der Waals surface area contributed by atoms with Crippen molar-refractivity contribution < 1.29 is 4.79 Å². The molecule has 3 nitrogen and oxygen atoms in total. The van der Waals surface area contributed by atoms with Crippen molar-refractivity contribution in [2.75, 3.05) is 12.3 Å². The number of rotatable bonds is 2. The molecule has 86 valence electrons. The van der Waals surface area contributed by atoms with E-state index in [4.69, 9.17) is 5.73 Å². The summed E-state index contributed by atoms with van der Waals surface area (Å²) in [7, 11) is 0. The molecule has 1 aliphatic carbocycles. The first-order chi connectivity index (χ1) is 7.22. The van der Waals surface area contributed by atoms with Crippen LogP contribution in [-0.4, -0.2) is 35.2 Å². The molecule has 0 spiro atoms. The maximum atomic E-state index is 11.8. The standard InChI is InChI=1S/C11H20N2OS/c12-9-3-1-2-4-10(9)13-6-8(7-15)5-11(13)14/h8-10,15H,1-7,12H2/t8?,9-,10+/m1/s1. The van der Waals surface area contributed by atoms with Crippen molar-refractivity contribution in [1.29, 1.82) is 0 Å². The monoisotopic (exact) mass is 228 g/mol. The molecule has 1 saturated heterocycles. The lowest BCUT2D eigenvalue weighted by atomic mass is 9.90. The number of carbonyl (C=O) groups is 1. The van der Waals surface area contributed by atoms with Crippen molar-refractivity contribution in [1.82, 2.24) is 4.90 Å². The smallest absolute Gasteiger partial charge is 0.223 e. The van der Waals surface area contributed by atoms with E-state index >= 15 is 0 Å². The summed E-state index contributed by atoms with van der Waals surface area (Å²) >= 11 is 4.27. The van der Waals surface area contributed by atoms with Gasteiger partial charge in [0.05, 0.1) is 0 Å². The van der Waals surface area contributed by atoms with E-state index in [-0.39, 0.29) is 11.9 Å². The molecule has 0 aromatic heterocycles. The van der Waals surface area contributed by atoms with Crippen LogP contribution in [0.4, 0.5) is 0 Å². The summed E-state index contributed by atoms with van der Waals surface area (Å²) in [5, 5.41) is 0. The number of likely N-dealkylation sites (tertiary alicyclic amines) is 1. The summed E-state index contributed by atoms with van der Waals surface area (Å²) in [6.07, 6.45) is 5.27. The van der Waals surface area contributed by atoms with Gasteiger partial charge in [0.15, 0.2) is 0 Å². The van der Waals surface area contributed by atoms with Crippen molar-refractivity contribution in [2.24, 2.45) is 11.7 Å². The molecule has 1 aliphatic heterocycles. The summed E-state index contributed by atoms with van der Waals surface area (Å²) < 4.78 is 0. The largest absolute Gasteiger partial charge is 0.338 e. The molecule has 1 heterocycles. The molecule has 15 heavy (non-hydrogen) atoms. The van der Waals surface area contributed by atoms with Crippen molar-refractivity contribution >= 4 is 18.5 Å². The minimum atomic E-state index is 0.196. The topological polar surface area (TPSA) is 46.3 Å². The molecule has 0 radical (unpaired) electrons. The Morgan fingerprint density at radius 1 is 1.40 bits per heavy atom. The highest BCUT2D eigenvalue weighted by molar-refractivity contribution is 7.80. The molecule has 2 aliphatic rings. The average Bonchev–Trinajstić information content (AvgIpc) is 2.60. The Bertz CT molecular complexity index is 247. The third-order valence-corrected chi connectivity index (χ3v) is 4.20. The molecule has 4 heteroatoms. The zero-order valence-corrected chi connectivity index (χ0v) is 9.96. The fourth-order valence-electron chi connectivity index (χ4n) is 2.78. The fourth-order valence-corrected chi connectivity index (χ4v) is 3.02. The van der Waals surface area contributed by atoms with Gasteiger partial charge in [0, 0.05) is 25.0 Å². The van der Waals surface area contributed by atoms with Gasteiger partial charge in [-0.25, -0.2) is 0 Å². The van der Waals surface area contributed by atoms with Crippen LogP contribution in [0.5, 0.6) is 0 Å². The van der Waals surface area contributed by atoms with Gasteiger partial charge in [-0.2, -0.15) is 12.6 Å². The maximum Gasteiger partial charge on any atom is 0.223 e. The summed E-state index contributed by atoms with van der Waals surface area (Å²) in [5.74, 6) is 1.54. The maximum absolute atomic E-state index is 11.8. The number of nitrogens with zero attached hydrogens (tertiary/aromatic N) is 1. The van der Waals surface area contributed by atoms with Gasteiger partial charge >= 0.3 is 0 Å². The van der Waals surface area contributed by atoms with Crippen LogP contribution in [0.2, 0.25) is 0 Å². The van der Waals surface area contributed by atoms with Gasteiger partial charge in [0.2, 0.25) is 5.91 Å². The minimum Gasteiger partial charge on any atom is -0.338 e. The lowest BCUT2D eigenvalue weighted by Crippen LogP contribution is -2.50. The van der Waals surface area contributed by atoms with Gasteiger partial charge in [0.1, 0.15) is 0 Å². The number of amides is 1. The van der Waals surface area contributed by atoms with Gasteiger partial charge in [0.25, 0.3) is 0 Å². The normalized spacial score (nSPS) is 37.3. The van der Waals surface area contributed by atoms with Crippen molar-refractivity contribution in [3.05, 3.63) is 0 Å². The van der Waals surface area contributed by atoms with Crippen LogP contribution in [-0.2, 0) is 4.79 Å². The number of thiol groups is 1. The van der Waals surface area contributed by atoms with E-state index in [9.17, 15) is 4.79 Å². The fraction of sp³-hybridized carbons (Fsp3) is 0.909. The Morgan fingerprint density at radius 3 is 2.73 bits per heavy atom. The van der Waals surface area contributed by atoms with Crippen LogP contribution in [0.1, 0.15) is 32.1 Å².